The van der Waals surface area contributed by atoms with Gasteiger partial charge in [-0.25, -0.2) is 4.79 Å². The maximum atomic E-state index is 11.6. The van der Waals surface area contributed by atoms with Crippen LogP contribution in [-0.4, -0.2) is 16.3 Å². The molecular weight excluding hydrogens is 236 g/mol. The average Bonchev–Trinajstić information content (AvgIpc) is 2.36. The summed E-state index contributed by atoms with van der Waals surface area (Å²) < 4.78 is 5.45. The number of rotatable bonds is 1. The molecule has 90 valence electrons. The maximum Gasteiger partial charge on any atom is 0.328 e. The van der Waals surface area contributed by atoms with E-state index in [1.54, 1.807) is 18.2 Å². The van der Waals surface area contributed by atoms with Gasteiger partial charge in [-0.2, -0.15) is 0 Å². The van der Waals surface area contributed by atoms with Crippen LogP contribution >= 0.6 is 0 Å². The largest absolute Gasteiger partial charge is 0.440 e. The van der Waals surface area contributed by atoms with E-state index in [2.05, 4.69) is 9.97 Å². The van der Waals surface area contributed by atoms with Gasteiger partial charge in [0.25, 0.3) is 5.56 Å². The molecule has 1 aliphatic heterocycles. The third-order valence-corrected chi connectivity index (χ3v) is 2.80. The third kappa shape index (κ3) is 1.55. The monoisotopic (exact) mass is 244 g/mol. The highest BCUT2D eigenvalue weighted by molar-refractivity contribution is 5.76. The number of aldehydes is 1. The zero-order chi connectivity index (χ0) is 12.7. The van der Waals surface area contributed by atoms with Gasteiger partial charge in [0.05, 0.1) is 5.56 Å². The summed E-state index contributed by atoms with van der Waals surface area (Å²) in [5, 5.41) is 0. The Labute approximate surface area is 100 Å². The first-order chi connectivity index (χ1) is 8.67. The van der Waals surface area contributed by atoms with Crippen molar-refractivity contribution in [3.05, 3.63) is 55.7 Å². The van der Waals surface area contributed by atoms with Crippen LogP contribution in [0.15, 0.2) is 27.8 Å². The van der Waals surface area contributed by atoms with Gasteiger partial charge >= 0.3 is 5.69 Å². The molecule has 18 heavy (non-hydrogen) atoms. The summed E-state index contributed by atoms with van der Waals surface area (Å²) in [6.07, 6.45) is 1.05. The zero-order valence-electron chi connectivity index (χ0n) is 9.15. The Hall–Kier alpha value is -2.63. The number of carbonyl (C=O) groups is 1. The molecule has 0 atom stereocenters. The van der Waals surface area contributed by atoms with Gasteiger partial charge in [0, 0.05) is 17.5 Å². The van der Waals surface area contributed by atoms with E-state index in [4.69, 9.17) is 4.74 Å². The zero-order valence-corrected chi connectivity index (χ0v) is 9.15. The minimum absolute atomic E-state index is 0.162. The lowest BCUT2D eigenvalue weighted by Gasteiger charge is -2.18. The van der Waals surface area contributed by atoms with Crippen molar-refractivity contribution in [3.63, 3.8) is 0 Å². The molecule has 0 amide bonds. The van der Waals surface area contributed by atoms with Crippen molar-refractivity contribution in [3.8, 4) is 11.6 Å². The van der Waals surface area contributed by atoms with E-state index in [-0.39, 0.29) is 5.88 Å². The minimum atomic E-state index is -0.605. The SMILES string of the molecule is O=Cc1ccc2c(c1)Cc1c([nH]c(=O)[nH]c1=O)O2. The summed E-state index contributed by atoms with van der Waals surface area (Å²) >= 11 is 0. The second kappa shape index (κ2) is 3.69. The first-order valence-corrected chi connectivity index (χ1v) is 5.29. The predicted molar refractivity (Wildman–Crippen MR) is 62.4 cm³/mol. The third-order valence-electron chi connectivity index (χ3n) is 2.80. The van der Waals surface area contributed by atoms with Gasteiger partial charge in [0.1, 0.15) is 12.0 Å². The Morgan fingerprint density at radius 2 is 2.06 bits per heavy atom. The molecule has 0 fully saturated rings. The number of benzene rings is 1. The van der Waals surface area contributed by atoms with Crippen molar-refractivity contribution in [1.82, 2.24) is 9.97 Å². The molecule has 2 N–H and O–H groups in total. The molecule has 1 aromatic heterocycles. The minimum Gasteiger partial charge on any atom is -0.440 e. The number of hydrogen-bond donors (Lipinski definition) is 2. The first-order valence-electron chi connectivity index (χ1n) is 5.29. The van der Waals surface area contributed by atoms with Crippen LogP contribution in [0, 0.1) is 0 Å². The van der Waals surface area contributed by atoms with Crippen LogP contribution in [0.2, 0.25) is 0 Å². The Kier molecular flexibility index (Phi) is 2.16. The van der Waals surface area contributed by atoms with E-state index in [1.807, 2.05) is 0 Å². The topological polar surface area (TPSA) is 92.0 Å². The van der Waals surface area contributed by atoms with E-state index >= 15 is 0 Å². The summed E-state index contributed by atoms with van der Waals surface area (Å²) in [6, 6.07) is 4.92. The molecule has 0 radical (unpaired) electrons. The molecular formula is C12H8N2O4. The Bertz CT molecular complexity index is 757. The van der Waals surface area contributed by atoms with Crippen molar-refractivity contribution in [1.29, 1.82) is 0 Å². The standard InChI is InChI=1S/C12H8N2O4/c15-5-6-1-2-9-7(3-6)4-8-10(16)13-12(17)14-11(8)18-9/h1-3,5H,4H2,(H2,13,14,16,17). The Morgan fingerprint density at radius 1 is 1.22 bits per heavy atom. The van der Waals surface area contributed by atoms with Gasteiger partial charge in [0.15, 0.2) is 0 Å². The number of fused-ring (bicyclic) bond motifs is 2. The number of carbonyl (C=O) groups excluding carboxylic acids is 1. The van der Waals surface area contributed by atoms with Gasteiger partial charge in [-0.3, -0.25) is 19.6 Å². The molecule has 6 nitrogen and oxygen atoms in total. The second-order valence-electron chi connectivity index (χ2n) is 3.98. The fraction of sp³-hybridized carbons (Fsp3) is 0.0833. The van der Waals surface area contributed by atoms with Crippen LogP contribution in [0.5, 0.6) is 11.6 Å². The van der Waals surface area contributed by atoms with Crippen LogP contribution in [0.4, 0.5) is 0 Å². The highest BCUT2D eigenvalue weighted by atomic mass is 16.5. The number of hydrogen-bond acceptors (Lipinski definition) is 4. The number of H-pyrrole nitrogens is 2. The summed E-state index contributed by atoms with van der Waals surface area (Å²) in [5.41, 5.74) is 0.527. The molecule has 0 unspecified atom stereocenters. The normalized spacial score (nSPS) is 12.2. The summed E-state index contributed by atoms with van der Waals surface area (Å²) in [4.78, 5) is 38.0. The highest BCUT2D eigenvalue weighted by Gasteiger charge is 2.21. The fourth-order valence-corrected chi connectivity index (χ4v) is 1.95. The molecule has 3 rings (SSSR count). The first kappa shape index (κ1) is 10.5. The Balaban J connectivity index is 2.17. The van der Waals surface area contributed by atoms with Crippen molar-refractivity contribution in [2.24, 2.45) is 0 Å². The molecule has 0 bridgehead atoms. The summed E-state index contributed by atoms with van der Waals surface area (Å²) in [7, 11) is 0. The van der Waals surface area contributed by atoms with Crippen LogP contribution in [0.1, 0.15) is 21.5 Å². The smallest absolute Gasteiger partial charge is 0.328 e. The fourth-order valence-electron chi connectivity index (χ4n) is 1.95. The molecule has 1 aliphatic rings. The summed E-state index contributed by atoms with van der Waals surface area (Å²) in [6.45, 7) is 0. The van der Waals surface area contributed by atoms with E-state index in [0.29, 0.717) is 23.3 Å². The Morgan fingerprint density at radius 3 is 2.83 bits per heavy atom. The summed E-state index contributed by atoms with van der Waals surface area (Å²) in [5.74, 6) is 0.699. The van der Waals surface area contributed by atoms with Crippen LogP contribution < -0.4 is 16.0 Å². The second-order valence-corrected chi connectivity index (χ2v) is 3.98. The predicted octanol–water partition coefficient (Wildman–Crippen LogP) is 0.572. The van der Waals surface area contributed by atoms with Crippen LogP contribution in [0.3, 0.4) is 0 Å². The van der Waals surface area contributed by atoms with Crippen molar-refractivity contribution in [2.45, 2.75) is 6.42 Å². The van der Waals surface area contributed by atoms with E-state index in [1.165, 1.54) is 0 Å². The van der Waals surface area contributed by atoms with Crippen LogP contribution in [0.25, 0.3) is 0 Å². The molecule has 2 aromatic rings. The molecule has 0 spiro atoms. The van der Waals surface area contributed by atoms with Crippen molar-refractivity contribution < 1.29 is 9.53 Å². The number of aromatic amines is 2. The molecule has 6 heteroatoms. The van der Waals surface area contributed by atoms with Gasteiger partial charge < -0.3 is 4.74 Å². The lowest BCUT2D eigenvalue weighted by Crippen LogP contribution is -2.27. The van der Waals surface area contributed by atoms with Crippen molar-refractivity contribution >= 4 is 6.29 Å². The molecule has 2 heterocycles. The average molecular weight is 244 g/mol. The molecule has 0 saturated carbocycles. The van der Waals surface area contributed by atoms with E-state index < -0.39 is 11.2 Å². The highest BCUT2D eigenvalue weighted by Crippen LogP contribution is 2.32. The number of ether oxygens (including phenoxy) is 1. The van der Waals surface area contributed by atoms with Gasteiger partial charge in [-0.1, -0.05) is 0 Å². The van der Waals surface area contributed by atoms with Gasteiger partial charge in [-0.05, 0) is 18.2 Å². The van der Waals surface area contributed by atoms with Crippen molar-refractivity contribution in [2.75, 3.05) is 0 Å². The van der Waals surface area contributed by atoms with Crippen LogP contribution in [-0.2, 0) is 6.42 Å². The lowest BCUT2D eigenvalue weighted by atomic mass is 10.0. The lowest BCUT2D eigenvalue weighted by molar-refractivity contribution is 0.112. The number of nitrogens with one attached hydrogen (secondary N) is 2. The van der Waals surface area contributed by atoms with Gasteiger partial charge in [0.2, 0.25) is 5.88 Å². The molecule has 1 aromatic carbocycles. The molecule has 0 aliphatic carbocycles. The van der Waals surface area contributed by atoms with E-state index in [9.17, 15) is 14.4 Å². The molecule has 0 saturated heterocycles. The van der Waals surface area contributed by atoms with E-state index in [0.717, 1.165) is 11.8 Å². The number of aromatic nitrogens is 2. The maximum absolute atomic E-state index is 11.6. The quantitative estimate of drug-likeness (QED) is 0.612. The van der Waals surface area contributed by atoms with Gasteiger partial charge in [-0.15, -0.1) is 0 Å².